The van der Waals surface area contributed by atoms with Gasteiger partial charge < -0.3 is 5.48 Å². The van der Waals surface area contributed by atoms with Crippen LogP contribution in [0.25, 0.3) is 0 Å². The fourth-order valence-electron chi connectivity index (χ4n) is 0.313. The van der Waals surface area contributed by atoms with E-state index in [9.17, 15) is 0 Å². The van der Waals surface area contributed by atoms with E-state index < -0.39 is 11.4 Å². The van der Waals surface area contributed by atoms with Crippen LogP contribution < -0.4 is 0 Å². The normalized spacial score (nSPS) is 6.82. The van der Waals surface area contributed by atoms with Gasteiger partial charge in [-0.2, -0.15) is 0 Å². The molecule has 1 aromatic heterocycles. The molecule has 0 aromatic carbocycles. The Morgan fingerprint density at radius 2 is 1.27 bits per heavy atom. The van der Waals surface area contributed by atoms with E-state index in [4.69, 9.17) is 30.1 Å². The second-order valence-corrected chi connectivity index (χ2v) is 7.71. The molecule has 0 bridgehead atoms. The standard InChI is InChI=1S/C5H5N.Al.3ClH.H2O/c1-2-4-6-5-3-1;;;;;/h1-5H;;3*1H;1H2/q;+3;;;;/p-3. The second kappa shape index (κ2) is 10.5. The van der Waals surface area contributed by atoms with E-state index in [-0.39, 0.29) is 5.48 Å². The third kappa shape index (κ3) is 18.0. The lowest BCUT2D eigenvalue weighted by Gasteiger charge is -1.70. The summed E-state index contributed by atoms with van der Waals surface area (Å²) in [6.45, 7) is 0. The van der Waals surface area contributed by atoms with Crippen LogP contribution in [-0.2, 0) is 0 Å². The summed E-state index contributed by atoms with van der Waals surface area (Å²) < 4.78 is 0. The van der Waals surface area contributed by atoms with Crippen molar-refractivity contribution in [2.24, 2.45) is 0 Å². The van der Waals surface area contributed by atoms with Gasteiger partial charge in [-0.15, -0.1) is 0 Å². The highest BCUT2D eigenvalue weighted by atomic mass is 35.8. The Balaban J connectivity index is 0. The van der Waals surface area contributed by atoms with Crippen molar-refractivity contribution < 1.29 is 5.48 Å². The lowest BCUT2D eigenvalue weighted by Crippen LogP contribution is -1.66. The fraction of sp³-hybridized carbons (Fsp3) is 0. The molecule has 2 nitrogen and oxygen atoms in total. The van der Waals surface area contributed by atoms with E-state index in [1.807, 2.05) is 18.2 Å². The third-order valence-corrected chi connectivity index (χ3v) is 0.566. The van der Waals surface area contributed by atoms with E-state index in [0.717, 1.165) is 0 Å². The predicted octanol–water partition coefficient (Wildman–Crippen LogP) is 1.94. The van der Waals surface area contributed by atoms with Gasteiger partial charge in [0.1, 0.15) is 0 Å². The highest BCUT2D eigenvalue weighted by Gasteiger charge is 2.00. The van der Waals surface area contributed by atoms with Gasteiger partial charge in [0.15, 0.2) is 0 Å². The molecule has 0 saturated heterocycles. The van der Waals surface area contributed by atoms with Crippen LogP contribution in [0.3, 0.4) is 0 Å². The number of aromatic nitrogens is 1. The number of rotatable bonds is 0. The molecule has 0 radical (unpaired) electrons. The lowest BCUT2D eigenvalue weighted by atomic mass is 10.5. The zero-order valence-corrected chi connectivity index (χ0v) is 8.97. The van der Waals surface area contributed by atoms with Gasteiger partial charge in [0.2, 0.25) is 0 Å². The molecule has 0 aliphatic carbocycles. The molecule has 6 heteroatoms. The van der Waals surface area contributed by atoms with Crippen molar-refractivity contribution in [3.63, 3.8) is 0 Å². The van der Waals surface area contributed by atoms with Crippen LogP contribution >= 0.6 is 30.1 Å². The summed E-state index contributed by atoms with van der Waals surface area (Å²) in [4.78, 5) is 3.78. The SMILES string of the molecule is O.[Cl][Al]([Cl])[Cl].c1ccncc1. The van der Waals surface area contributed by atoms with Crippen LogP contribution in [-0.4, -0.2) is 21.8 Å². The van der Waals surface area contributed by atoms with Crippen molar-refractivity contribution in [1.29, 1.82) is 0 Å². The van der Waals surface area contributed by atoms with E-state index >= 15 is 0 Å². The Labute approximate surface area is 82.4 Å². The van der Waals surface area contributed by atoms with E-state index in [1.54, 1.807) is 12.4 Å². The molecule has 0 aliphatic heterocycles. The fourth-order valence-corrected chi connectivity index (χ4v) is 0.313. The third-order valence-electron chi connectivity index (χ3n) is 0.566. The van der Waals surface area contributed by atoms with Gasteiger partial charge in [-0.1, -0.05) is 6.07 Å². The topological polar surface area (TPSA) is 44.4 Å². The first kappa shape index (κ1) is 14.1. The summed E-state index contributed by atoms with van der Waals surface area (Å²) in [6.07, 6.45) is 3.50. The summed E-state index contributed by atoms with van der Waals surface area (Å²) in [5.74, 6) is 0. The molecule has 0 fully saturated rings. The van der Waals surface area contributed by atoms with Crippen molar-refractivity contribution in [3.05, 3.63) is 30.6 Å². The highest BCUT2D eigenvalue weighted by molar-refractivity contribution is 7.54. The number of halogens is 3. The molecule has 1 rings (SSSR count). The number of hydrogen-bond acceptors (Lipinski definition) is 1. The first-order valence-corrected chi connectivity index (χ1v) is 7.74. The molecule has 1 aromatic rings. The molecule has 0 saturated carbocycles. The quantitative estimate of drug-likeness (QED) is 0.628. The van der Waals surface area contributed by atoms with Gasteiger partial charge in [-0.25, -0.2) is 30.1 Å². The Morgan fingerprint density at radius 1 is 0.909 bits per heavy atom. The molecule has 0 unspecified atom stereocenters. The number of pyridine rings is 1. The monoisotopic (exact) mass is 229 g/mol. The largest absolute Gasteiger partial charge is 0.643 e. The van der Waals surface area contributed by atoms with Crippen LogP contribution in [0.1, 0.15) is 0 Å². The van der Waals surface area contributed by atoms with Crippen molar-refractivity contribution >= 4 is 41.5 Å². The summed E-state index contributed by atoms with van der Waals surface area (Å²) in [7, 11) is 14.8. The molecule has 0 aliphatic rings. The van der Waals surface area contributed by atoms with Crippen molar-refractivity contribution in [2.45, 2.75) is 0 Å². The van der Waals surface area contributed by atoms with Gasteiger partial charge in [0.25, 0.3) is 0 Å². The summed E-state index contributed by atoms with van der Waals surface area (Å²) in [5.41, 5.74) is 0. The Morgan fingerprint density at radius 3 is 1.36 bits per heavy atom. The lowest BCUT2D eigenvalue weighted by molar-refractivity contribution is 0.824. The molecule has 1 heterocycles. The van der Waals surface area contributed by atoms with Crippen molar-refractivity contribution in [2.75, 3.05) is 0 Å². The van der Waals surface area contributed by atoms with Gasteiger partial charge >= 0.3 is 11.4 Å². The molecule has 11 heavy (non-hydrogen) atoms. The Bertz CT molecular complexity index is 122. The zero-order chi connectivity index (χ0) is 7.82. The molecule has 0 spiro atoms. The summed E-state index contributed by atoms with van der Waals surface area (Å²) in [5, 5.41) is 0. The molecule has 0 atom stereocenters. The van der Waals surface area contributed by atoms with Crippen LogP contribution in [0.5, 0.6) is 0 Å². The maximum atomic E-state index is 4.94. The van der Waals surface area contributed by atoms with Gasteiger partial charge in [-0.05, 0) is 12.1 Å². The molecule has 62 valence electrons. The number of hydrogen-bond donors (Lipinski definition) is 0. The van der Waals surface area contributed by atoms with Crippen LogP contribution in [0.4, 0.5) is 0 Å². The minimum Gasteiger partial charge on any atom is -0.412 e. The maximum Gasteiger partial charge on any atom is 0.643 e. The van der Waals surface area contributed by atoms with Crippen molar-refractivity contribution in [3.8, 4) is 0 Å². The molecular formula is C5H7AlCl3NO. The maximum absolute atomic E-state index is 4.94. The minimum atomic E-state index is -1.72. The van der Waals surface area contributed by atoms with Gasteiger partial charge in [0.05, 0.1) is 0 Å². The van der Waals surface area contributed by atoms with Gasteiger partial charge in [0, 0.05) is 12.4 Å². The van der Waals surface area contributed by atoms with Crippen LogP contribution in [0.15, 0.2) is 30.6 Å². The van der Waals surface area contributed by atoms with Gasteiger partial charge in [-0.3, -0.25) is 4.98 Å². The predicted molar refractivity (Wildman–Crippen MR) is 51.2 cm³/mol. The second-order valence-electron chi connectivity index (χ2n) is 1.27. The van der Waals surface area contributed by atoms with Crippen molar-refractivity contribution in [1.82, 2.24) is 4.98 Å². The smallest absolute Gasteiger partial charge is 0.412 e. The van der Waals surface area contributed by atoms with Crippen LogP contribution in [0, 0.1) is 0 Å². The average Bonchev–Trinajstić information content (AvgIpc) is 1.90. The summed E-state index contributed by atoms with van der Waals surface area (Å²) >= 11 is -1.72. The molecular weight excluding hydrogens is 223 g/mol. The van der Waals surface area contributed by atoms with E-state index in [0.29, 0.717) is 0 Å². The Kier molecular flexibility index (Phi) is 13.4. The first-order valence-electron chi connectivity index (χ1n) is 2.50. The summed E-state index contributed by atoms with van der Waals surface area (Å²) in [6, 6.07) is 5.72. The first-order chi connectivity index (χ1) is 4.73. The average molecular weight is 230 g/mol. The van der Waals surface area contributed by atoms with Crippen LogP contribution in [0.2, 0.25) is 0 Å². The molecule has 0 amide bonds. The van der Waals surface area contributed by atoms with E-state index in [1.165, 1.54) is 0 Å². The minimum absolute atomic E-state index is 0. The number of nitrogens with zero attached hydrogens (tertiary/aromatic N) is 1. The highest BCUT2D eigenvalue weighted by Crippen LogP contribution is 1.97. The zero-order valence-electron chi connectivity index (χ0n) is 5.55. The molecule has 2 N–H and O–H groups in total. The van der Waals surface area contributed by atoms with E-state index in [2.05, 4.69) is 4.98 Å². The Hall–Kier alpha value is 0.512.